The Balaban J connectivity index is 2.64. The zero-order valence-electron chi connectivity index (χ0n) is 13.7. The van der Waals surface area contributed by atoms with Crippen molar-refractivity contribution in [2.75, 3.05) is 40.3 Å². The highest BCUT2D eigenvalue weighted by Gasteiger charge is 2.29. The van der Waals surface area contributed by atoms with Crippen LogP contribution in [0.25, 0.3) is 0 Å². The van der Waals surface area contributed by atoms with Crippen molar-refractivity contribution in [3.05, 3.63) is 0 Å². The number of carbonyl (C=O) groups excluding carboxylic acids is 1. The van der Waals surface area contributed by atoms with Crippen molar-refractivity contribution in [3.63, 3.8) is 0 Å². The fourth-order valence-electron chi connectivity index (χ4n) is 3.10. The van der Waals surface area contributed by atoms with Gasteiger partial charge in [0.05, 0.1) is 0 Å². The smallest absolute Gasteiger partial charge is 0.320 e. The lowest BCUT2D eigenvalue weighted by Crippen LogP contribution is -2.52. The molecule has 0 aromatic heterocycles. The normalized spacial score (nSPS) is 20.4. The van der Waals surface area contributed by atoms with Crippen molar-refractivity contribution in [1.82, 2.24) is 14.7 Å². The number of nitrogens with zero attached hydrogens (tertiary/aromatic N) is 3. The Bertz CT molecular complexity index is 360. The minimum Gasteiger partial charge on any atom is -0.481 e. The zero-order valence-corrected chi connectivity index (χ0v) is 13.7. The molecule has 6 heteroatoms. The topological polar surface area (TPSA) is 64.1 Å². The fourth-order valence-corrected chi connectivity index (χ4v) is 3.10. The summed E-state index contributed by atoms with van der Waals surface area (Å²) < 4.78 is 0. The number of urea groups is 1. The number of piperidine rings is 1. The maximum atomic E-state index is 12.7. The van der Waals surface area contributed by atoms with Crippen LogP contribution in [0.4, 0.5) is 4.79 Å². The van der Waals surface area contributed by atoms with Gasteiger partial charge in [0.25, 0.3) is 0 Å². The predicted octanol–water partition coefficient (Wildman–Crippen LogP) is 1.57. The Morgan fingerprint density at radius 1 is 1.38 bits per heavy atom. The van der Waals surface area contributed by atoms with Crippen LogP contribution in [-0.2, 0) is 4.79 Å². The Hall–Kier alpha value is -1.30. The summed E-state index contributed by atoms with van der Waals surface area (Å²) in [5.41, 5.74) is 0. The number of carboxylic acids is 1. The first-order chi connectivity index (χ1) is 9.85. The summed E-state index contributed by atoms with van der Waals surface area (Å²) in [6, 6.07) is 0.194. The molecule has 0 bridgehead atoms. The van der Waals surface area contributed by atoms with Gasteiger partial charge in [0.2, 0.25) is 0 Å². The molecular weight excluding hydrogens is 270 g/mol. The molecule has 1 aliphatic heterocycles. The molecule has 1 heterocycles. The van der Waals surface area contributed by atoms with E-state index in [-0.39, 0.29) is 24.4 Å². The predicted molar refractivity (Wildman–Crippen MR) is 82.3 cm³/mol. The maximum Gasteiger partial charge on any atom is 0.320 e. The van der Waals surface area contributed by atoms with Gasteiger partial charge in [-0.1, -0.05) is 0 Å². The molecule has 1 aliphatic rings. The molecule has 2 amide bonds. The van der Waals surface area contributed by atoms with Crippen molar-refractivity contribution < 1.29 is 14.7 Å². The van der Waals surface area contributed by atoms with E-state index in [4.69, 9.17) is 5.11 Å². The van der Waals surface area contributed by atoms with Crippen LogP contribution in [-0.4, -0.2) is 78.1 Å². The standard InChI is InChI=1S/C15H29N3O3/c1-5-18(12(2)10-16(3)4)15(21)17-8-6-7-13(11-17)9-14(19)20/h12-13H,5-11H2,1-4H3,(H,19,20). The van der Waals surface area contributed by atoms with Gasteiger partial charge in [0.15, 0.2) is 0 Å². The number of likely N-dealkylation sites (tertiary alicyclic amines) is 1. The van der Waals surface area contributed by atoms with E-state index in [1.807, 2.05) is 30.8 Å². The van der Waals surface area contributed by atoms with Crippen LogP contribution in [0, 0.1) is 5.92 Å². The van der Waals surface area contributed by atoms with E-state index in [1.54, 1.807) is 0 Å². The Morgan fingerprint density at radius 2 is 2.05 bits per heavy atom. The van der Waals surface area contributed by atoms with Crippen LogP contribution < -0.4 is 0 Å². The first kappa shape index (κ1) is 17.8. The molecule has 2 atom stereocenters. The highest BCUT2D eigenvalue weighted by atomic mass is 16.4. The van der Waals surface area contributed by atoms with Gasteiger partial charge < -0.3 is 19.8 Å². The highest BCUT2D eigenvalue weighted by molar-refractivity contribution is 5.75. The Kier molecular flexibility index (Phi) is 6.95. The second kappa shape index (κ2) is 8.22. The van der Waals surface area contributed by atoms with Gasteiger partial charge in [-0.3, -0.25) is 4.79 Å². The number of hydrogen-bond acceptors (Lipinski definition) is 3. The van der Waals surface area contributed by atoms with Crippen molar-refractivity contribution in [2.24, 2.45) is 5.92 Å². The van der Waals surface area contributed by atoms with Crippen molar-refractivity contribution >= 4 is 12.0 Å². The molecule has 122 valence electrons. The molecule has 6 nitrogen and oxygen atoms in total. The molecular formula is C15H29N3O3. The molecule has 0 aromatic carbocycles. The second-order valence-electron chi connectivity index (χ2n) is 6.23. The van der Waals surface area contributed by atoms with Gasteiger partial charge in [-0.2, -0.15) is 0 Å². The molecule has 0 aromatic rings. The summed E-state index contributed by atoms with van der Waals surface area (Å²) in [6.45, 7) is 6.85. The number of hydrogen-bond donors (Lipinski definition) is 1. The quantitative estimate of drug-likeness (QED) is 0.808. The summed E-state index contributed by atoms with van der Waals surface area (Å²) in [5.74, 6) is -0.689. The molecule has 1 saturated heterocycles. The first-order valence-corrected chi connectivity index (χ1v) is 7.77. The van der Waals surface area contributed by atoms with Gasteiger partial charge in [-0.25, -0.2) is 4.79 Å². The second-order valence-corrected chi connectivity index (χ2v) is 6.23. The van der Waals surface area contributed by atoms with E-state index in [0.717, 1.165) is 25.9 Å². The molecule has 1 N–H and O–H groups in total. The lowest BCUT2D eigenvalue weighted by Gasteiger charge is -2.38. The lowest BCUT2D eigenvalue weighted by atomic mass is 9.95. The lowest BCUT2D eigenvalue weighted by molar-refractivity contribution is -0.138. The molecule has 0 aliphatic carbocycles. The summed E-state index contributed by atoms with van der Waals surface area (Å²) >= 11 is 0. The van der Waals surface area contributed by atoms with Crippen LogP contribution in [0.1, 0.15) is 33.1 Å². The molecule has 1 rings (SSSR count). The molecule has 0 spiro atoms. The molecule has 2 unspecified atom stereocenters. The van der Waals surface area contributed by atoms with E-state index < -0.39 is 5.97 Å². The van der Waals surface area contributed by atoms with E-state index in [9.17, 15) is 9.59 Å². The monoisotopic (exact) mass is 299 g/mol. The number of rotatable bonds is 6. The number of carbonyl (C=O) groups is 2. The van der Waals surface area contributed by atoms with Crippen LogP contribution in [0.5, 0.6) is 0 Å². The van der Waals surface area contributed by atoms with E-state index in [2.05, 4.69) is 11.8 Å². The number of amides is 2. The summed E-state index contributed by atoms with van der Waals surface area (Å²) in [7, 11) is 4.00. The molecule has 21 heavy (non-hydrogen) atoms. The highest BCUT2D eigenvalue weighted by Crippen LogP contribution is 2.21. The number of likely N-dealkylation sites (N-methyl/N-ethyl adjacent to an activating group) is 2. The third-order valence-electron chi connectivity index (χ3n) is 4.00. The van der Waals surface area contributed by atoms with Gasteiger partial charge >= 0.3 is 12.0 Å². The Labute approximate surface area is 127 Å². The zero-order chi connectivity index (χ0) is 16.0. The van der Waals surface area contributed by atoms with Gasteiger partial charge in [0.1, 0.15) is 0 Å². The van der Waals surface area contributed by atoms with Crippen LogP contribution in [0.3, 0.4) is 0 Å². The molecule has 0 saturated carbocycles. The summed E-state index contributed by atoms with van der Waals surface area (Å²) in [4.78, 5) is 29.3. The average Bonchev–Trinajstić information content (AvgIpc) is 2.38. The maximum absolute atomic E-state index is 12.7. The molecule has 1 fully saturated rings. The van der Waals surface area contributed by atoms with Crippen molar-refractivity contribution in [2.45, 2.75) is 39.2 Å². The minimum atomic E-state index is -0.775. The minimum absolute atomic E-state index is 0.0435. The summed E-state index contributed by atoms with van der Waals surface area (Å²) in [5, 5.41) is 8.91. The largest absolute Gasteiger partial charge is 0.481 e. The van der Waals surface area contributed by atoms with Gasteiger partial charge in [0, 0.05) is 38.6 Å². The van der Waals surface area contributed by atoms with E-state index >= 15 is 0 Å². The third kappa shape index (κ3) is 5.53. The van der Waals surface area contributed by atoms with Gasteiger partial charge in [-0.15, -0.1) is 0 Å². The van der Waals surface area contributed by atoms with E-state index in [1.165, 1.54) is 0 Å². The third-order valence-corrected chi connectivity index (χ3v) is 4.00. The number of aliphatic carboxylic acids is 1. The SMILES string of the molecule is CCN(C(=O)N1CCCC(CC(=O)O)C1)C(C)CN(C)C. The fraction of sp³-hybridized carbons (Fsp3) is 0.867. The van der Waals surface area contributed by atoms with E-state index in [0.29, 0.717) is 13.1 Å². The van der Waals surface area contributed by atoms with Gasteiger partial charge in [-0.05, 0) is 46.7 Å². The molecule has 0 radical (unpaired) electrons. The Morgan fingerprint density at radius 3 is 2.57 bits per heavy atom. The van der Waals surface area contributed by atoms with Crippen LogP contribution in [0.15, 0.2) is 0 Å². The summed E-state index contributed by atoms with van der Waals surface area (Å²) in [6.07, 6.45) is 1.95. The van der Waals surface area contributed by atoms with Crippen LogP contribution >= 0.6 is 0 Å². The first-order valence-electron chi connectivity index (χ1n) is 7.77. The number of carboxylic acid groups (broad SMARTS) is 1. The van der Waals surface area contributed by atoms with Crippen molar-refractivity contribution in [1.29, 1.82) is 0 Å². The van der Waals surface area contributed by atoms with Crippen molar-refractivity contribution in [3.8, 4) is 0 Å². The average molecular weight is 299 g/mol. The van der Waals surface area contributed by atoms with Crippen LogP contribution in [0.2, 0.25) is 0 Å².